The van der Waals surface area contributed by atoms with Crippen LogP contribution in [0, 0.1) is 0 Å². The van der Waals surface area contributed by atoms with E-state index in [2.05, 4.69) is 0 Å². The Morgan fingerprint density at radius 2 is 1.44 bits per heavy atom. The first kappa shape index (κ1) is 14.2. The van der Waals surface area contributed by atoms with Crippen LogP contribution in [0.25, 0.3) is 0 Å². The van der Waals surface area contributed by atoms with Gasteiger partial charge in [0.25, 0.3) is 5.91 Å². The third-order valence-corrected chi connectivity index (χ3v) is 2.72. The molecule has 1 rings (SSSR count). The van der Waals surface area contributed by atoms with Gasteiger partial charge in [-0.2, -0.15) is 0 Å². The molecule has 1 aromatic carbocycles. The van der Waals surface area contributed by atoms with Gasteiger partial charge < -0.3 is 14.8 Å². The maximum atomic E-state index is 12.4. The quantitative estimate of drug-likeness (QED) is 0.807. The molecule has 0 atom stereocenters. The monoisotopic (exact) mass is 248 g/mol. The van der Waals surface area contributed by atoms with Crippen molar-refractivity contribution in [2.45, 2.75) is 39.8 Å². The SMILES string of the molecule is CC(C)N(C(=O)c1ccccc1C(=O)[O-])C(C)C. The lowest BCUT2D eigenvalue weighted by atomic mass is 10.0. The highest BCUT2D eigenvalue weighted by Crippen LogP contribution is 2.15. The van der Waals surface area contributed by atoms with Gasteiger partial charge >= 0.3 is 0 Å². The Labute approximate surface area is 107 Å². The van der Waals surface area contributed by atoms with Gasteiger partial charge in [-0.25, -0.2) is 0 Å². The molecular formula is C14H18NO3-. The Hall–Kier alpha value is -1.84. The van der Waals surface area contributed by atoms with Crippen LogP contribution in [0.5, 0.6) is 0 Å². The number of carboxylic acids is 1. The van der Waals surface area contributed by atoms with E-state index >= 15 is 0 Å². The molecule has 0 N–H and O–H groups in total. The summed E-state index contributed by atoms with van der Waals surface area (Å²) < 4.78 is 0. The highest BCUT2D eigenvalue weighted by Gasteiger charge is 2.23. The molecule has 0 radical (unpaired) electrons. The second-order valence-corrected chi connectivity index (χ2v) is 4.73. The summed E-state index contributed by atoms with van der Waals surface area (Å²) in [6.45, 7) is 7.61. The lowest BCUT2D eigenvalue weighted by Crippen LogP contribution is -2.43. The van der Waals surface area contributed by atoms with Crippen LogP contribution in [0.2, 0.25) is 0 Å². The van der Waals surface area contributed by atoms with Crippen LogP contribution in [-0.2, 0) is 0 Å². The second-order valence-electron chi connectivity index (χ2n) is 4.73. The number of hydrogen-bond acceptors (Lipinski definition) is 3. The van der Waals surface area contributed by atoms with Crippen molar-refractivity contribution in [3.05, 3.63) is 35.4 Å². The molecule has 18 heavy (non-hydrogen) atoms. The molecule has 0 aliphatic rings. The van der Waals surface area contributed by atoms with Gasteiger partial charge in [-0.15, -0.1) is 0 Å². The average molecular weight is 248 g/mol. The zero-order chi connectivity index (χ0) is 13.9. The fourth-order valence-corrected chi connectivity index (χ4v) is 2.05. The smallest absolute Gasteiger partial charge is 0.254 e. The second kappa shape index (κ2) is 5.67. The molecule has 98 valence electrons. The van der Waals surface area contributed by atoms with Crippen LogP contribution in [0.4, 0.5) is 0 Å². The summed E-state index contributed by atoms with van der Waals surface area (Å²) in [6.07, 6.45) is 0. The van der Waals surface area contributed by atoms with Gasteiger partial charge in [-0.05, 0) is 33.8 Å². The first-order valence-electron chi connectivity index (χ1n) is 5.99. The van der Waals surface area contributed by atoms with Crippen molar-refractivity contribution in [3.63, 3.8) is 0 Å². The van der Waals surface area contributed by atoms with Gasteiger partial charge in [-0.1, -0.05) is 18.2 Å². The Bertz CT molecular complexity index is 444. The van der Waals surface area contributed by atoms with Gasteiger partial charge in [0.1, 0.15) is 0 Å². The molecule has 4 nitrogen and oxygen atoms in total. The summed E-state index contributed by atoms with van der Waals surface area (Å²) in [5.41, 5.74) is 0.119. The fourth-order valence-electron chi connectivity index (χ4n) is 2.05. The van der Waals surface area contributed by atoms with Crippen LogP contribution < -0.4 is 5.11 Å². The van der Waals surface area contributed by atoms with E-state index in [4.69, 9.17) is 0 Å². The molecule has 0 aliphatic heterocycles. The number of hydrogen-bond donors (Lipinski definition) is 0. The summed E-state index contributed by atoms with van der Waals surface area (Å²) >= 11 is 0. The van der Waals surface area contributed by atoms with E-state index in [-0.39, 0.29) is 29.1 Å². The van der Waals surface area contributed by atoms with Crippen molar-refractivity contribution in [3.8, 4) is 0 Å². The van der Waals surface area contributed by atoms with E-state index < -0.39 is 5.97 Å². The van der Waals surface area contributed by atoms with E-state index in [1.807, 2.05) is 27.7 Å². The van der Waals surface area contributed by atoms with Crippen molar-refractivity contribution in [1.29, 1.82) is 0 Å². The number of benzene rings is 1. The molecule has 0 unspecified atom stereocenters. The van der Waals surface area contributed by atoms with E-state index in [1.54, 1.807) is 17.0 Å². The zero-order valence-electron chi connectivity index (χ0n) is 11.1. The Balaban J connectivity index is 3.21. The van der Waals surface area contributed by atoms with Gasteiger partial charge in [0.15, 0.2) is 0 Å². The molecule has 0 heterocycles. The summed E-state index contributed by atoms with van der Waals surface area (Å²) in [7, 11) is 0. The third-order valence-electron chi connectivity index (χ3n) is 2.72. The molecule has 4 heteroatoms. The first-order valence-corrected chi connectivity index (χ1v) is 5.99. The number of carbonyl (C=O) groups excluding carboxylic acids is 2. The van der Waals surface area contributed by atoms with Gasteiger partial charge in [0.2, 0.25) is 0 Å². The molecule has 1 amide bonds. The highest BCUT2D eigenvalue weighted by molar-refractivity contribution is 6.04. The molecule has 1 aromatic rings. The lowest BCUT2D eigenvalue weighted by Gasteiger charge is -2.31. The first-order chi connectivity index (χ1) is 8.36. The van der Waals surface area contributed by atoms with Crippen molar-refractivity contribution in [2.75, 3.05) is 0 Å². The van der Waals surface area contributed by atoms with Crippen molar-refractivity contribution < 1.29 is 14.7 Å². The minimum absolute atomic E-state index is 0.00677. The molecule has 0 saturated heterocycles. The fraction of sp³-hybridized carbons (Fsp3) is 0.429. The van der Waals surface area contributed by atoms with Gasteiger partial charge in [-0.3, -0.25) is 4.79 Å². The summed E-state index contributed by atoms with van der Waals surface area (Å²) in [5.74, 6) is -1.61. The van der Waals surface area contributed by atoms with E-state index in [1.165, 1.54) is 12.1 Å². The molecular weight excluding hydrogens is 230 g/mol. The molecule has 0 aliphatic carbocycles. The van der Waals surface area contributed by atoms with Gasteiger partial charge in [0, 0.05) is 23.2 Å². The molecule has 0 bridgehead atoms. The third kappa shape index (κ3) is 2.88. The predicted octanol–water partition coefficient (Wildman–Crippen LogP) is 1.31. The minimum atomic E-state index is -1.33. The molecule has 0 spiro atoms. The van der Waals surface area contributed by atoms with Crippen molar-refractivity contribution in [2.24, 2.45) is 0 Å². The van der Waals surface area contributed by atoms with Crippen molar-refractivity contribution >= 4 is 11.9 Å². The maximum absolute atomic E-state index is 12.4. The molecule has 0 fully saturated rings. The maximum Gasteiger partial charge on any atom is 0.254 e. The Morgan fingerprint density at radius 3 is 1.83 bits per heavy atom. The number of rotatable bonds is 4. The van der Waals surface area contributed by atoms with Crippen molar-refractivity contribution in [1.82, 2.24) is 4.90 Å². The van der Waals surface area contributed by atoms with Crippen LogP contribution >= 0.6 is 0 Å². The standard InChI is InChI=1S/C14H19NO3/c1-9(2)15(10(3)4)13(16)11-7-5-6-8-12(11)14(17)18/h5-10H,1-4H3,(H,17,18)/p-1. The molecule has 0 aromatic heterocycles. The summed E-state index contributed by atoms with van der Waals surface area (Å²) in [4.78, 5) is 25.0. The number of amides is 1. The largest absolute Gasteiger partial charge is 0.545 e. The number of carboxylic acid groups (broad SMARTS) is 1. The predicted molar refractivity (Wildman–Crippen MR) is 67.2 cm³/mol. The number of nitrogens with zero attached hydrogens (tertiary/aromatic N) is 1. The average Bonchev–Trinajstić information content (AvgIpc) is 2.27. The van der Waals surface area contributed by atoms with E-state index in [9.17, 15) is 14.7 Å². The lowest BCUT2D eigenvalue weighted by molar-refractivity contribution is -0.255. The van der Waals surface area contributed by atoms with Gasteiger partial charge in [0.05, 0.1) is 5.97 Å². The Kier molecular flexibility index (Phi) is 4.48. The minimum Gasteiger partial charge on any atom is -0.545 e. The highest BCUT2D eigenvalue weighted by atomic mass is 16.4. The molecule has 0 saturated carbocycles. The normalized spacial score (nSPS) is 10.8. The summed E-state index contributed by atoms with van der Waals surface area (Å²) in [5, 5.41) is 11.0. The number of aromatic carboxylic acids is 1. The van der Waals surface area contributed by atoms with Crippen LogP contribution in [0.3, 0.4) is 0 Å². The Morgan fingerprint density at radius 1 is 1.00 bits per heavy atom. The van der Waals surface area contributed by atoms with Crippen LogP contribution in [0.1, 0.15) is 48.4 Å². The summed E-state index contributed by atoms with van der Waals surface area (Å²) in [6, 6.07) is 6.15. The topological polar surface area (TPSA) is 60.4 Å². The van der Waals surface area contributed by atoms with Crippen LogP contribution in [-0.4, -0.2) is 28.9 Å². The van der Waals surface area contributed by atoms with Crippen LogP contribution in [0.15, 0.2) is 24.3 Å². The van der Waals surface area contributed by atoms with E-state index in [0.717, 1.165) is 0 Å². The zero-order valence-corrected chi connectivity index (χ0v) is 11.1. The van der Waals surface area contributed by atoms with E-state index in [0.29, 0.717) is 0 Å². The number of carbonyl (C=O) groups is 2.